The van der Waals surface area contributed by atoms with Gasteiger partial charge in [-0.15, -0.1) is 9.36 Å². The van der Waals surface area contributed by atoms with Crippen LogP contribution in [-0.4, -0.2) is 15.7 Å². The van der Waals surface area contributed by atoms with E-state index in [0.29, 0.717) is 5.82 Å². The van der Waals surface area contributed by atoms with E-state index in [9.17, 15) is 4.79 Å². The number of hydrogen-bond donors (Lipinski definition) is 2. The minimum atomic E-state index is -0.132. The maximum absolute atomic E-state index is 11.8. The Morgan fingerprint density at radius 3 is 2.61 bits per heavy atom. The summed E-state index contributed by atoms with van der Waals surface area (Å²) in [5.41, 5.74) is 0.768. The van der Waals surface area contributed by atoms with Gasteiger partial charge in [0.1, 0.15) is 0 Å². The molecule has 0 saturated carbocycles. The summed E-state index contributed by atoms with van der Waals surface area (Å²) in [5.74, 6) is 7.00. The lowest BCUT2D eigenvalue weighted by atomic mass is 10.3. The number of rotatable bonds is 3. The molecule has 1 heterocycles. The zero-order valence-corrected chi connectivity index (χ0v) is 10.4. The first kappa shape index (κ1) is 12.1. The van der Waals surface area contributed by atoms with Crippen LogP contribution in [0.4, 0.5) is 5.69 Å². The molecule has 0 unspecified atom stereocenters. The number of nitrogens with one attached hydrogen (secondary N) is 1. The van der Waals surface area contributed by atoms with E-state index in [2.05, 4.69) is 10.4 Å². The molecule has 0 aliphatic rings. The van der Waals surface area contributed by atoms with Crippen molar-refractivity contribution in [3.63, 3.8) is 0 Å². The van der Waals surface area contributed by atoms with Crippen LogP contribution in [0.3, 0.4) is 0 Å². The van der Waals surface area contributed by atoms with Crippen molar-refractivity contribution < 1.29 is 9.47 Å². The lowest BCUT2D eigenvalue weighted by Gasteiger charge is -2.02. The first-order chi connectivity index (χ1) is 8.58. The monoisotopic (exact) mass is 246 g/mol. The molecule has 0 fully saturated rings. The van der Waals surface area contributed by atoms with E-state index in [-0.39, 0.29) is 12.5 Å². The van der Waals surface area contributed by atoms with Gasteiger partial charge < -0.3 is 5.32 Å². The first-order valence-electron chi connectivity index (χ1n) is 5.64. The molecule has 0 bridgehead atoms. The lowest BCUT2D eigenvalue weighted by Crippen LogP contribution is -2.48. The van der Waals surface area contributed by atoms with Gasteiger partial charge in [0.05, 0.1) is 0 Å². The minimum absolute atomic E-state index is 0.132. The third-order valence-electron chi connectivity index (χ3n) is 2.69. The summed E-state index contributed by atoms with van der Waals surface area (Å²) >= 11 is 0. The number of anilines is 1. The van der Waals surface area contributed by atoms with Crippen LogP contribution in [0, 0.1) is 13.8 Å². The number of nitrogens with two attached hydrogens (primary N) is 1. The highest BCUT2D eigenvalue weighted by molar-refractivity contribution is 5.90. The summed E-state index contributed by atoms with van der Waals surface area (Å²) in [4.78, 5) is 11.8. The molecule has 0 saturated heterocycles. The van der Waals surface area contributed by atoms with Crippen molar-refractivity contribution >= 4 is 11.6 Å². The zero-order chi connectivity index (χ0) is 13.1. The van der Waals surface area contributed by atoms with E-state index in [1.54, 1.807) is 11.6 Å². The highest BCUT2D eigenvalue weighted by Gasteiger charge is 2.19. The van der Waals surface area contributed by atoms with E-state index in [1.807, 2.05) is 37.3 Å². The molecule has 0 radical (unpaired) electrons. The third kappa shape index (κ3) is 2.48. The van der Waals surface area contributed by atoms with Gasteiger partial charge in [-0.25, -0.2) is 0 Å². The van der Waals surface area contributed by atoms with Crippen molar-refractivity contribution in [2.45, 2.75) is 20.4 Å². The minimum Gasteiger partial charge on any atom is -0.323 e. The van der Waals surface area contributed by atoms with Gasteiger partial charge in [0.15, 0.2) is 6.54 Å². The second-order valence-electron chi connectivity index (χ2n) is 4.04. The number of para-hydroxylation sites is 1. The molecule has 0 atom stereocenters. The van der Waals surface area contributed by atoms with Crippen LogP contribution in [0.15, 0.2) is 30.3 Å². The Hall–Kier alpha value is -2.37. The fraction of sp³-hybridized carbons (Fsp3) is 0.250. The Balaban J connectivity index is 2.06. The van der Waals surface area contributed by atoms with Gasteiger partial charge in [0, 0.05) is 24.6 Å². The number of aryl methyl sites for hydroxylation is 1. The van der Waals surface area contributed by atoms with E-state index in [4.69, 9.17) is 5.84 Å². The molecule has 2 rings (SSSR count). The summed E-state index contributed by atoms with van der Waals surface area (Å²) in [6, 6.07) is 9.30. The quantitative estimate of drug-likeness (QED) is 0.597. The number of nitrogens with zero attached hydrogens (tertiary/aromatic N) is 3. The standard InChI is InChI=1S/C12H15N5O/c1-9-15-16(10(2)17(9)13)8-12(18)14-11-6-4-3-5-7-11/h3-7H,8,13H2,1-2H3/p+1. The van der Waals surface area contributed by atoms with E-state index in [0.717, 1.165) is 11.5 Å². The molecule has 1 aromatic carbocycles. The van der Waals surface area contributed by atoms with Crippen molar-refractivity contribution in [3.05, 3.63) is 42.0 Å². The topological polar surface area (TPSA) is 76.8 Å². The van der Waals surface area contributed by atoms with Gasteiger partial charge in [-0.1, -0.05) is 18.2 Å². The average molecular weight is 246 g/mol. The van der Waals surface area contributed by atoms with Gasteiger partial charge in [-0.05, 0) is 12.1 Å². The summed E-state index contributed by atoms with van der Waals surface area (Å²) in [6.07, 6.45) is 0. The van der Waals surface area contributed by atoms with E-state index in [1.165, 1.54) is 4.68 Å². The van der Waals surface area contributed by atoms with Gasteiger partial charge in [0.25, 0.3) is 17.6 Å². The van der Waals surface area contributed by atoms with Crippen LogP contribution in [0.25, 0.3) is 0 Å². The Morgan fingerprint density at radius 1 is 1.39 bits per heavy atom. The Kier molecular flexibility index (Phi) is 3.27. The molecule has 1 aromatic heterocycles. The zero-order valence-electron chi connectivity index (χ0n) is 10.4. The SMILES string of the molecule is Cc1nn(CC(=O)Nc2ccccc2)c(C)[n+]1N. The molecule has 6 nitrogen and oxygen atoms in total. The summed E-state index contributed by atoms with van der Waals surface area (Å²) in [6.45, 7) is 3.75. The normalized spacial score (nSPS) is 10.3. The molecule has 0 aliphatic carbocycles. The first-order valence-corrected chi connectivity index (χ1v) is 5.64. The number of hydrogen-bond acceptors (Lipinski definition) is 3. The second kappa shape index (κ2) is 4.87. The van der Waals surface area contributed by atoms with Gasteiger partial charge in [0.2, 0.25) is 0 Å². The van der Waals surface area contributed by atoms with Crippen LogP contribution >= 0.6 is 0 Å². The van der Waals surface area contributed by atoms with Gasteiger partial charge in [-0.3, -0.25) is 10.6 Å². The van der Waals surface area contributed by atoms with Crippen molar-refractivity contribution in [2.75, 3.05) is 11.2 Å². The Morgan fingerprint density at radius 2 is 2.06 bits per heavy atom. The largest absolute Gasteiger partial charge is 0.323 e. The molecule has 0 aliphatic heterocycles. The van der Waals surface area contributed by atoms with Crippen molar-refractivity contribution in [3.8, 4) is 0 Å². The second-order valence-corrected chi connectivity index (χ2v) is 4.04. The number of carbonyl (C=O) groups is 1. The Labute approximate surface area is 105 Å². The number of carbonyl (C=O) groups excluding carboxylic acids is 1. The van der Waals surface area contributed by atoms with E-state index < -0.39 is 0 Å². The van der Waals surface area contributed by atoms with Crippen LogP contribution in [0.2, 0.25) is 0 Å². The van der Waals surface area contributed by atoms with Crippen LogP contribution in [0.1, 0.15) is 11.6 Å². The molecule has 6 heteroatoms. The molecular formula is C12H16N5O+. The number of benzene rings is 1. The predicted octanol–water partition coefficient (Wildman–Crippen LogP) is 0.140. The number of amides is 1. The van der Waals surface area contributed by atoms with Crippen LogP contribution in [0.5, 0.6) is 0 Å². The summed E-state index contributed by atoms with van der Waals surface area (Å²) in [7, 11) is 0. The van der Waals surface area contributed by atoms with E-state index >= 15 is 0 Å². The van der Waals surface area contributed by atoms with Crippen molar-refractivity contribution in [1.29, 1.82) is 0 Å². The van der Waals surface area contributed by atoms with Crippen LogP contribution in [-0.2, 0) is 11.3 Å². The molecule has 1 amide bonds. The summed E-state index contributed by atoms with van der Waals surface area (Å²) in [5, 5.41) is 6.98. The number of aromatic nitrogens is 3. The highest BCUT2D eigenvalue weighted by Crippen LogP contribution is 2.05. The fourth-order valence-corrected chi connectivity index (χ4v) is 1.66. The van der Waals surface area contributed by atoms with Gasteiger partial charge >= 0.3 is 0 Å². The molecule has 94 valence electrons. The average Bonchev–Trinajstić information content (AvgIpc) is 2.58. The maximum atomic E-state index is 11.8. The lowest BCUT2D eigenvalue weighted by molar-refractivity contribution is -0.652. The molecule has 2 aromatic rings. The molecular weight excluding hydrogens is 230 g/mol. The number of nitrogen functional groups attached to an aromatic ring is 1. The smallest absolute Gasteiger partial charge is 0.295 e. The Bertz CT molecular complexity index is 561. The van der Waals surface area contributed by atoms with Crippen LogP contribution < -0.4 is 15.8 Å². The molecule has 0 spiro atoms. The maximum Gasteiger partial charge on any atom is 0.295 e. The third-order valence-corrected chi connectivity index (χ3v) is 2.69. The van der Waals surface area contributed by atoms with Crippen molar-refractivity contribution in [1.82, 2.24) is 9.78 Å². The summed E-state index contributed by atoms with van der Waals surface area (Å²) < 4.78 is 3.03. The molecule has 18 heavy (non-hydrogen) atoms. The fourth-order valence-electron chi connectivity index (χ4n) is 1.66. The molecule has 3 N–H and O–H groups in total. The van der Waals surface area contributed by atoms with Crippen molar-refractivity contribution in [2.24, 2.45) is 0 Å². The predicted molar refractivity (Wildman–Crippen MR) is 67.1 cm³/mol. The van der Waals surface area contributed by atoms with Gasteiger partial charge in [-0.2, -0.15) is 0 Å². The highest BCUT2D eigenvalue weighted by atomic mass is 16.2.